The maximum atomic E-state index is 13.0. The average Bonchev–Trinajstić information content (AvgIpc) is 2.76. The molecular weight excluding hydrogens is 439 g/mol. The Morgan fingerprint density at radius 1 is 0.700 bits per heavy atom. The molecule has 3 aromatic rings. The first-order valence-corrected chi connectivity index (χ1v) is 11.0. The van der Waals surface area contributed by atoms with Crippen LogP contribution < -0.4 is 0 Å². The summed E-state index contributed by atoms with van der Waals surface area (Å²) in [6.45, 7) is 2.71. The fraction of sp³-hybridized carbons (Fsp3) is 0.208. The molecule has 30 heavy (non-hydrogen) atoms. The van der Waals surface area contributed by atoms with Crippen molar-refractivity contribution in [1.29, 1.82) is 0 Å². The molecule has 154 valence electrons. The molecule has 1 atom stereocenters. The SMILES string of the molecule is O=C(c1c(Cl)cccc1Cl)N1CCN([C@H](c2ccccc2)c2ccc(Cl)cc2)CC1. The Labute approximate surface area is 191 Å². The Balaban J connectivity index is 1.54. The second kappa shape index (κ2) is 9.40. The Morgan fingerprint density at radius 2 is 1.27 bits per heavy atom. The number of rotatable bonds is 4. The van der Waals surface area contributed by atoms with Gasteiger partial charge in [-0.15, -0.1) is 0 Å². The number of carbonyl (C=O) groups is 1. The zero-order chi connectivity index (χ0) is 21.1. The van der Waals surface area contributed by atoms with Crippen LogP contribution in [0, 0.1) is 0 Å². The van der Waals surface area contributed by atoms with Crippen LogP contribution in [0.25, 0.3) is 0 Å². The van der Waals surface area contributed by atoms with Crippen LogP contribution in [-0.2, 0) is 0 Å². The third-order valence-corrected chi connectivity index (χ3v) is 6.33. The van der Waals surface area contributed by atoms with Gasteiger partial charge in [-0.2, -0.15) is 0 Å². The van der Waals surface area contributed by atoms with E-state index in [9.17, 15) is 4.79 Å². The molecule has 0 aromatic heterocycles. The van der Waals surface area contributed by atoms with Gasteiger partial charge in [0.25, 0.3) is 5.91 Å². The van der Waals surface area contributed by atoms with E-state index in [0.29, 0.717) is 28.7 Å². The van der Waals surface area contributed by atoms with Crippen LogP contribution >= 0.6 is 34.8 Å². The van der Waals surface area contributed by atoms with E-state index in [2.05, 4.69) is 41.3 Å². The summed E-state index contributed by atoms with van der Waals surface area (Å²) in [6, 6.07) is 23.6. The smallest absolute Gasteiger partial charge is 0.256 e. The third kappa shape index (κ3) is 4.50. The molecular formula is C24H21Cl3N2O. The lowest BCUT2D eigenvalue weighted by Gasteiger charge is -2.40. The van der Waals surface area contributed by atoms with E-state index in [1.807, 2.05) is 23.1 Å². The van der Waals surface area contributed by atoms with E-state index >= 15 is 0 Å². The van der Waals surface area contributed by atoms with Crippen LogP contribution in [0.1, 0.15) is 27.5 Å². The van der Waals surface area contributed by atoms with Crippen LogP contribution in [0.5, 0.6) is 0 Å². The Hall–Kier alpha value is -2.04. The minimum absolute atomic E-state index is 0.101. The Kier molecular flexibility index (Phi) is 6.64. The summed E-state index contributed by atoms with van der Waals surface area (Å²) in [4.78, 5) is 17.2. The minimum atomic E-state index is -0.118. The molecule has 0 aliphatic carbocycles. The number of halogens is 3. The van der Waals surface area contributed by atoms with Gasteiger partial charge in [0.1, 0.15) is 0 Å². The van der Waals surface area contributed by atoms with Crippen LogP contribution in [0.15, 0.2) is 72.8 Å². The fourth-order valence-corrected chi connectivity index (χ4v) is 4.62. The zero-order valence-corrected chi connectivity index (χ0v) is 18.5. The van der Waals surface area contributed by atoms with Crippen molar-refractivity contribution in [2.24, 2.45) is 0 Å². The highest BCUT2D eigenvalue weighted by molar-refractivity contribution is 6.39. The number of carbonyl (C=O) groups excluding carboxylic acids is 1. The number of nitrogens with zero attached hydrogens (tertiary/aromatic N) is 2. The van der Waals surface area contributed by atoms with Gasteiger partial charge in [0, 0.05) is 31.2 Å². The third-order valence-electron chi connectivity index (χ3n) is 5.44. The quantitative estimate of drug-likeness (QED) is 0.464. The van der Waals surface area contributed by atoms with Crippen molar-refractivity contribution in [2.45, 2.75) is 6.04 Å². The predicted octanol–water partition coefficient (Wildman–Crippen LogP) is 6.19. The van der Waals surface area contributed by atoms with Gasteiger partial charge in [-0.1, -0.05) is 83.3 Å². The maximum Gasteiger partial charge on any atom is 0.256 e. The molecule has 0 spiro atoms. The van der Waals surface area contributed by atoms with Crippen molar-refractivity contribution in [3.05, 3.63) is 105 Å². The van der Waals surface area contributed by atoms with Gasteiger partial charge in [0.05, 0.1) is 21.7 Å². The first-order valence-electron chi connectivity index (χ1n) is 9.82. The van der Waals surface area contributed by atoms with E-state index in [1.54, 1.807) is 18.2 Å². The lowest BCUT2D eigenvalue weighted by Crippen LogP contribution is -2.50. The van der Waals surface area contributed by atoms with E-state index in [-0.39, 0.29) is 11.9 Å². The molecule has 1 amide bonds. The van der Waals surface area contributed by atoms with Gasteiger partial charge >= 0.3 is 0 Å². The number of amides is 1. The second-order valence-electron chi connectivity index (χ2n) is 7.29. The first kappa shape index (κ1) is 21.2. The van der Waals surface area contributed by atoms with Gasteiger partial charge in [-0.05, 0) is 35.4 Å². The van der Waals surface area contributed by atoms with Crippen molar-refractivity contribution >= 4 is 40.7 Å². The summed E-state index contributed by atoms with van der Waals surface area (Å²) in [5.74, 6) is -0.118. The van der Waals surface area contributed by atoms with Gasteiger partial charge in [0.2, 0.25) is 0 Å². The Morgan fingerprint density at radius 3 is 1.87 bits per heavy atom. The van der Waals surface area contributed by atoms with Crippen LogP contribution in [0.3, 0.4) is 0 Å². The van der Waals surface area contributed by atoms with Gasteiger partial charge in [-0.3, -0.25) is 9.69 Å². The number of benzene rings is 3. The molecule has 0 radical (unpaired) electrons. The standard InChI is InChI=1S/C24H21Cl3N2O/c25-19-11-9-18(10-12-19)23(17-5-2-1-3-6-17)28-13-15-29(16-14-28)24(30)22-20(26)7-4-8-21(22)27/h1-12,23H,13-16H2/t23-/m1/s1. The van der Waals surface area contributed by atoms with Crippen LogP contribution in [0.2, 0.25) is 15.1 Å². The average molecular weight is 460 g/mol. The van der Waals surface area contributed by atoms with E-state index < -0.39 is 0 Å². The molecule has 1 aliphatic heterocycles. The monoisotopic (exact) mass is 458 g/mol. The lowest BCUT2D eigenvalue weighted by atomic mass is 9.96. The molecule has 0 N–H and O–H groups in total. The van der Waals surface area contributed by atoms with Gasteiger partial charge in [-0.25, -0.2) is 0 Å². The zero-order valence-electron chi connectivity index (χ0n) is 16.3. The number of hydrogen-bond acceptors (Lipinski definition) is 2. The number of hydrogen-bond donors (Lipinski definition) is 0. The molecule has 1 aliphatic rings. The van der Waals surface area contributed by atoms with Crippen LogP contribution in [0.4, 0.5) is 0 Å². The van der Waals surface area contributed by atoms with E-state index in [4.69, 9.17) is 34.8 Å². The van der Waals surface area contributed by atoms with Crippen LogP contribution in [-0.4, -0.2) is 41.9 Å². The molecule has 1 saturated heterocycles. The highest BCUT2D eigenvalue weighted by atomic mass is 35.5. The highest BCUT2D eigenvalue weighted by Crippen LogP contribution is 2.31. The molecule has 1 fully saturated rings. The highest BCUT2D eigenvalue weighted by Gasteiger charge is 2.29. The normalized spacial score (nSPS) is 15.8. The van der Waals surface area contributed by atoms with Crippen molar-refractivity contribution < 1.29 is 4.79 Å². The van der Waals surface area contributed by atoms with Crippen molar-refractivity contribution in [2.75, 3.05) is 26.2 Å². The largest absolute Gasteiger partial charge is 0.336 e. The summed E-state index contributed by atoms with van der Waals surface area (Å²) in [5.41, 5.74) is 2.78. The Bertz CT molecular complexity index is 996. The van der Waals surface area contributed by atoms with Crippen molar-refractivity contribution in [1.82, 2.24) is 9.80 Å². The summed E-state index contributed by atoms with van der Waals surface area (Å²) in [5, 5.41) is 1.49. The molecule has 0 bridgehead atoms. The van der Waals surface area contributed by atoms with E-state index in [1.165, 1.54) is 11.1 Å². The second-order valence-corrected chi connectivity index (χ2v) is 8.54. The maximum absolute atomic E-state index is 13.0. The number of piperazine rings is 1. The minimum Gasteiger partial charge on any atom is -0.336 e. The van der Waals surface area contributed by atoms with E-state index in [0.717, 1.165) is 18.1 Å². The summed E-state index contributed by atoms with van der Waals surface area (Å²) >= 11 is 18.6. The van der Waals surface area contributed by atoms with Crippen molar-refractivity contribution in [3.8, 4) is 0 Å². The summed E-state index contributed by atoms with van der Waals surface area (Å²) in [6.07, 6.45) is 0. The van der Waals surface area contributed by atoms with Gasteiger partial charge < -0.3 is 4.90 Å². The topological polar surface area (TPSA) is 23.6 Å². The molecule has 0 unspecified atom stereocenters. The molecule has 4 rings (SSSR count). The van der Waals surface area contributed by atoms with Gasteiger partial charge in [0.15, 0.2) is 0 Å². The summed E-state index contributed by atoms with van der Waals surface area (Å²) in [7, 11) is 0. The molecule has 0 saturated carbocycles. The first-order chi connectivity index (χ1) is 14.5. The molecule has 6 heteroatoms. The fourth-order valence-electron chi connectivity index (χ4n) is 3.94. The lowest BCUT2D eigenvalue weighted by molar-refractivity contribution is 0.0597. The predicted molar refractivity (Wildman–Crippen MR) is 124 cm³/mol. The molecule has 3 nitrogen and oxygen atoms in total. The van der Waals surface area contributed by atoms with Crippen molar-refractivity contribution in [3.63, 3.8) is 0 Å². The summed E-state index contributed by atoms with van der Waals surface area (Å²) < 4.78 is 0. The molecule has 1 heterocycles. The molecule has 3 aromatic carbocycles.